The molecular formula is C10H10F3NO2. The van der Waals surface area contributed by atoms with Gasteiger partial charge in [-0.15, -0.1) is 0 Å². The summed E-state index contributed by atoms with van der Waals surface area (Å²) in [6.07, 6.45) is -5.60. The Kier molecular flexibility index (Phi) is 3.54. The van der Waals surface area contributed by atoms with Crippen LogP contribution >= 0.6 is 0 Å². The number of nitrogens with one attached hydrogen (secondary N) is 1. The topological polar surface area (TPSA) is 49.3 Å². The first-order valence-corrected chi connectivity index (χ1v) is 4.47. The second kappa shape index (κ2) is 4.52. The SMILES string of the molecule is CC(O)c1ccc(NC(=O)C(F)(F)F)cc1. The van der Waals surface area contributed by atoms with Crippen molar-refractivity contribution in [3.8, 4) is 0 Å². The van der Waals surface area contributed by atoms with Crippen LogP contribution in [-0.2, 0) is 4.79 Å². The van der Waals surface area contributed by atoms with Crippen molar-refractivity contribution < 1.29 is 23.1 Å². The molecule has 3 nitrogen and oxygen atoms in total. The smallest absolute Gasteiger partial charge is 0.389 e. The number of aliphatic hydroxyl groups excluding tert-OH is 1. The van der Waals surface area contributed by atoms with Crippen LogP contribution in [0.25, 0.3) is 0 Å². The van der Waals surface area contributed by atoms with Crippen molar-refractivity contribution in [3.05, 3.63) is 29.8 Å². The average Bonchev–Trinajstić information content (AvgIpc) is 2.17. The van der Waals surface area contributed by atoms with Crippen molar-refractivity contribution in [1.82, 2.24) is 0 Å². The van der Waals surface area contributed by atoms with Crippen LogP contribution in [0.2, 0.25) is 0 Å². The van der Waals surface area contributed by atoms with E-state index in [2.05, 4.69) is 0 Å². The lowest BCUT2D eigenvalue weighted by atomic mass is 10.1. The molecule has 1 atom stereocenters. The molecule has 0 saturated heterocycles. The number of hydrogen-bond acceptors (Lipinski definition) is 2. The highest BCUT2D eigenvalue weighted by Gasteiger charge is 2.38. The lowest BCUT2D eigenvalue weighted by Crippen LogP contribution is -2.29. The molecule has 6 heteroatoms. The zero-order valence-electron chi connectivity index (χ0n) is 8.38. The Bertz CT molecular complexity index is 371. The number of carbonyl (C=O) groups is 1. The molecule has 1 aromatic carbocycles. The molecule has 1 amide bonds. The van der Waals surface area contributed by atoms with Crippen molar-refractivity contribution in [3.63, 3.8) is 0 Å². The summed E-state index contributed by atoms with van der Waals surface area (Å²) in [6.45, 7) is 1.53. The molecule has 0 spiro atoms. The number of halogens is 3. The van der Waals surface area contributed by atoms with Gasteiger partial charge in [0.1, 0.15) is 0 Å². The van der Waals surface area contributed by atoms with E-state index in [1.54, 1.807) is 5.32 Å². The normalized spacial score (nSPS) is 13.3. The van der Waals surface area contributed by atoms with Crippen molar-refractivity contribution in [2.45, 2.75) is 19.2 Å². The number of carbonyl (C=O) groups excluding carboxylic acids is 1. The fourth-order valence-corrected chi connectivity index (χ4v) is 1.05. The van der Waals surface area contributed by atoms with E-state index in [-0.39, 0.29) is 5.69 Å². The molecule has 16 heavy (non-hydrogen) atoms. The van der Waals surface area contributed by atoms with Gasteiger partial charge in [0.15, 0.2) is 0 Å². The number of benzene rings is 1. The minimum Gasteiger partial charge on any atom is -0.389 e. The first kappa shape index (κ1) is 12.5. The van der Waals surface area contributed by atoms with Gasteiger partial charge in [-0.2, -0.15) is 13.2 Å². The van der Waals surface area contributed by atoms with Crippen LogP contribution < -0.4 is 5.32 Å². The van der Waals surface area contributed by atoms with Crippen molar-refractivity contribution in [2.24, 2.45) is 0 Å². The molecule has 0 aromatic heterocycles. The van der Waals surface area contributed by atoms with Gasteiger partial charge in [0, 0.05) is 5.69 Å². The summed E-state index contributed by atoms with van der Waals surface area (Å²) >= 11 is 0. The van der Waals surface area contributed by atoms with Crippen molar-refractivity contribution in [1.29, 1.82) is 0 Å². The molecule has 1 rings (SSSR count). The molecule has 0 aliphatic rings. The fourth-order valence-electron chi connectivity index (χ4n) is 1.05. The first-order valence-electron chi connectivity index (χ1n) is 4.47. The largest absolute Gasteiger partial charge is 0.471 e. The molecule has 0 bridgehead atoms. The van der Waals surface area contributed by atoms with Gasteiger partial charge < -0.3 is 10.4 Å². The van der Waals surface area contributed by atoms with E-state index >= 15 is 0 Å². The Hall–Kier alpha value is -1.56. The van der Waals surface area contributed by atoms with Gasteiger partial charge in [-0.25, -0.2) is 0 Å². The zero-order valence-corrected chi connectivity index (χ0v) is 8.38. The summed E-state index contributed by atoms with van der Waals surface area (Å²) in [5.74, 6) is -2.02. The van der Waals surface area contributed by atoms with Crippen LogP contribution in [0.3, 0.4) is 0 Å². The lowest BCUT2D eigenvalue weighted by molar-refractivity contribution is -0.167. The maximum absolute atomic E-state index is 11.9. The quantitative estimate of drug-likeness (QED) is 0.823. The molecule has 1 aromatic rings. The minimum absolute atomic E-state index is 0.0340. The second-order valence-corrected chi connectivity index (χ2v) is 3.25. The second-order valence-electron chi connectivity index (χ2n) is 3.25. The maximum atomic E-state index is 11.9. The van der Waals surface area contributed by atoms with E-state index in [9.17, 15) is 18.0 Å². The first-order chi connectivity index (χ1) is 7.30. The van der Waals surface area contributed by atoms with Crippen molar-refractivity contribution >= 4 is 11.6 Å². The minimum atomic E-state index is -4.90. The van der Waals surface area contributed by atoms with Gasteiger partial charge in [0.25, 0.3) is 0 Å². The summed E-state index contributed by atoms with van der Waals surface area (Å²) in [6, 6.07) is 5.48. The number of amides is 1. The van der Waals surface area contributed by atoms with Gasteiger partial charge in [-0.05, 0) is 24.6 Å². The Labute approximate surface area is 89.9 Å². The van der Waals surface area contributed by atoms with E-state index in [1.165, 1.54) is 31.2 Å². The number of rotatable bonds is 2. The van der Waals surface area contributed by atoms with E-state index in [4.69, 9.17) is 5.11 Å². The monoisotopic (exact) mass is 233 g/mol. The molecule has 0 aliphatic carbocycles. The highest BCUT2D eigenvalue weighted by atomic mass is 19.4. The Morgan fingerprint density at radius 1 is 1.31 bits per heavy atom. The number of alkyl halides is 3. The Morgan fingerprint density at radius 2 is 1.81 bits per heavy atom. The third-order valence-corrected chi connectivity index (χ3v) is 1.91. The maximum Gasteiger partial charge on any atom is 0.471 e. The molecule has 0 heterocycles. The van der Waals surface area contributed by atoms with Crippen LogP contribution in [0, 0.1) is 0 Å². The number of anilines is 1. The predicted octanol–water partition coefficient (Wildman–Crippen LogP) is 2.24. The van der Waals surface area contributed by atoms with Crippen LogP contribution in [0.5, 0.6) is 0 Å². The van der Waals surface area contributed by atoms with E-state index in [0.29, 0.717) is 5.56 Å². The summed E-state index contributed by atoms with van der Waals surface area (Å²) in [4.78, 5) is 10.6. The summed E-state index contributed by atoms with van der Waals surface area (Å²) in [5, 5.41) is 10.9. The Balaban J connectivity index is 2.73. The molecule has 2 N–H and O–H groups in total. The van der Waals surface area contributed by atoms with Gasteiger partial charge >= 0.3 is 12.1 Å². The summed E-state index contributed by atoms with van der Waals surface area (Å²) in [7, 11) is 0. The summed E-state index contributed by atoms with van der Waals surface area (Å²) in [5.41, 5.74) is 0.594. The highest BCUT2D eigenvalue weighted by molar-refractivity contribution is 5.94. The summed E-state index contributed by atoms with van der Waals surface area (Å²) < 4.78 is 35.7. The van der Waals surface area contributed by atoms with Crippen LogP contribution in [-0.4, -0.2) is 17.2 Å². The van der Waals surface area contributed by atoms with Crippen LogP contribution in [0.15, 0.2) is 24.3 Å². The standard InChI is InChI=1S/C10H10F3NO2/c1-6(15)7-2-4-8(5-3-7)14-9(16)10(11,12)13/h2-6,15H,1H3,(H,14,16). The van der Waals surface area contributed by atoms with E-state index in [1.807, 2.05) is 0 Å². The predicted molar refractivity (Wildman–Crippen MR) is 51.8 cm³/mol. The third kappa shape index (κ3) is 3.23. The number of aliphatic hydroxyl groups is 1. The molecule has 88 valence electrons. The van der Waals surface area contributed by atoms with Gasteiger partial charge in [0.2, 0.25) is 0 Å². The molecule has 0 aliphatic heterocycles. The van der Waals surface area contributed by atoms with Gasteiger partial charge in [-0.3, -0.25) is 4.79 Å². The highest BCUT2D eigenvalue weighted by Crippen LogP contribution is 2.20. The number of hydrogen-bond donors (Lipinski definition) is 2. The van der Waals surface area contributed by atoms with Gasteiger partial charge in [0.05, 0.1) is 6.10 Å². The molecule has 1 unspecified atom stereocenters. The van der Waals surface area contributed by atoms with E-state index in [0.717, 1.165) is 0 Å². The van der Waals surface area contributed by atoms with Crippen molar-refractivity contribution in [2.75, 3.05) is 5.32 Å². The molecule has 0 radical (unpaired) electrons. The van der Waals surface area contributed by atoms with Crippen LogP contribution in [0.4, 0.5) is 18.9 Å². The third-order valence-electron chi connectivity index (χ3n) is 1.91. The molecular weight excluding hydrogens is 223 g/mol. The lowest BCUT2D eigenvalue weighted by Gasteiger charge is -2.09. The Morgan fingerprint density at radius 3 is 2.19 bits per heavy atom. The molecule has 0 fully saturated rings. The zero-order chi connectivity index (χ0) is 12.3. The van der Waals surface area contributed by atoms with E-state index < -0.39 is 18.2 Å². The average molecular weight is 233 g/mol. The molecule has 0 saturated carbocycles. The fraction of sp³-hybridized carbons (Fsp3) is 0.300. The van der Waals surface area contributed by atoms with Gasteiger partial charge in [-0.1, -0.05) is 12.1 Å². The van der Waals surface area contributed by atoms with Crippen LogP contribution in [0.1, 0.15) is 18.6 Å².